The van der Waals surface area contributed by atoms with Gasteiger partial charge in [0.2, 0.25) is 6.17 Å². The van der Waals surface area contributed by atoms with Crippen LogP contribution in [-0.2, 0) is 4.79 Å². The maximum Gasteiger partial charge on any atom is 0.243 e. The van der Waals surface area contributed by atoms with Crippen molar-refractivity contribution in [3.8, 4) is 6.07 Å². The second-order valence-corrected chi connectivity index (χ2v) is 2.51. The van der Waals surface area contributed by atoms with Gasteiger partial charge in [-0.25, -0.2) is 4.39 Å². The summed E-state index contributed by atoms with van der Waals surface area (Å²) in [6.07, 6.45) is -1.35. The van der Waals surface area contributed by atoms with Gasteiger partial charge in [-0.1, -0.05) is 6.92 Å². The highest BCUT2D eigenvalue weighted by atomic mass is 19.1. The molecule has 0 saturated carbocycles. The topological polar surface area (TPSA) is 61.1 Å². The van der Waals surface area contributed by atoms with E-state index in [1.165, 1.54) is 6.07 Å². The molecule has 0 aliphatic rings. The molecule has 4 heteroatoms. The average molecular weight is 173 g/mol. The van der Waals surface area contributed by atoms with Crippen LogP contribution in [0.15, 0.2) is 0 Å². The Morgan fingerprint density at radius 1 is 1.75 bits per heavy atom. The van der Waals surface area contributed by atoms with E-state index in [0.29, 0.717) is 6.42 Å². The number of nitrogens with zero attached hydrogens (tertiary/aromatic N) is 1. The van der Waals surface area contributed by atoms with Gasteiger partial charge in [0.1, 0.15) is 6.07 Å². The van der Waals surface area contributed by atoms with Crippen LogP contribution in [0.2, 0.25) is 0 Å². The van der Waals surface area contributed by atoms with Crippen LogP contribution < -0.4 is 0 Å². The Hall–Kier alpha value is -0.950. The molecule has 0 amide bonds. The molecular formula is C8H12FNO2. The Kier molecular flexibility index (Phi) is 5.22. The molecule has 0 aliphatic heterocycles. The van der Waals surface area contributed by atoms with Crippen molar-refractivity contribution < 1.29 is 14.3 Å². The van der Waals surface area contributed by atoms with Gasteiger partial charge in [-0.05, 0) is 12.8 Å². The first-order valence-electron chi connectivity index (χ1n) is 3.85. The summed E-state index contributed by atoms with van der Waals surface area (Å²) in [6, 6.07) is 1.24. The maximum atomic E-state index is 12.5. The molecule has 68 valence electrons. The Balaban J connectivity index is 4.13. The molecule has 2 atom stereocenters. The van der Waals surface area contributed by atoms with E-state index < -0.39 is 17.9 Å². The van der Waals surface area contributed by atoms with Gasteiger partial charge in [0.15, 0.2) is 5.78 Å². The number of aliphatic hydroxyl groups excluding tert-OH is 1. The van der Waals surface area contributed by atoms with Crippen LogP contribution in [0.5, 0.6) is 0 Å². The van der Waals surface area contributed by atoms with Crippen LogP contribution in [0.25, 0.3) is 0 Å². The predicted molar refractivity (Wildman–Crippen MR) is 41.0 cm³/mol. The van der Waals surface area contributed by atoms with Crippen molar-refractivity contribution in [3.63, 3.8) is 0 Å². The van der Waals surface area contributed by atoms with Gasteiger partial charge in [-0.2, -0.15) is 5.26 Å². The largest absolute Gasteiger partial charge is 0.396 e. The second kappa shape index (κ2) is 5.67. The zero-order chi connectivity index (χ0) is 9.56. The lowest BCUT2D eigenvalue weighted by Gasteiger charge is -2.10. The van der Waals surface area contributed by atoms with Gasteiger partial charge >= 0.3 is 0 Å². The summed E-state index contributed by atoms with van der Waals surface area (Å²) in [7, 11) is 0. The van der Waals surface area contributed by atoms with Crippen molar-refractivity contribution in [2.45, 2.75) is 25.9 Å². The second-order valence-electron chi connectivity index (χ2n) is 2.51. The monoisotopic (exact) mass is 173 g/mol. The first-order valence-corrected chi connectivity index (χ1v) is 3.85. The summed E-state index contributed by atoms with van der Waals surface area (Å²) >= 11 is 0. The zero-order valence-electron chi connectivity index (χ0n) is 6.96. The van der Waals surface area contributed by atoms with Crippen LogP contribution in [0.4, 0.5) is 4.39 Å². The number of Topliss-reactive ketones (excluding diaryl/α,β-unsaturated/α-hetero) is 1. The quantitative estimate of drug-likeness (QED) is 0.669. The van der Waals surface area contributed by atoms with Crippen molar-refractivity contribution in [2.75, 3.05) is 6.61 Å². The average Bonchev–Trinajstić information content (AvgIpc) is 2.11. The molecule has 0 aromatic carbocycles. The van der Waals surface area contributed by atoms with Crippen molar-refractivity contribution in [1.29, 1.82) is 5.26 Å². The zero-order valence-corrected chi connectivity index (χ0v) is 6.96. The normalized spacial score (nSPS) is 14.8. The molecule has 0 spiro atoms. The predicted octanol–water partition coefficient (Wildman–Crippen LogP) is 0.826. The van der Waals surface area contributed by atoms with Gasteiger partial charge in [0.25, 0.3) is 0 Å². The molecule has 0 radical (unpaired) electrons. The summed E-state index contributed by atoms with van der Waals surface area (Å²) in [5, 5.41) is 16.6. The third-order valence-electron chi connectivity index (χ3n) is 1.74. The minimum Gasteiger partial charge on any atom is -0.396 e. The number of rotatable bonds is 5. The highest BCUT2D eigenvalue weighted by Gasteiger charge is 2.24. The lowest BCUT2D eigenvalue weighted by molar-refractivity contribution is -0.126. The summed E-state index contributed by atoms with van der Waals surface area (Å²) in [6.45, 7) is 1.57. The Morgan fingerprint density at radius 2 is 2.33 bits per heavy atom. The maximum absolute atomic E-state index is 12.5. The Morgan fingerprint density at radius 3 is 2.67 bits per heavy atom. The molecule has 0 aromatic rings. The number of hydrogen-bond donors (Lipinski definition) is 1. The van der Waals surface area contributed by atoms with Gasteiger partial charge in [-0.15, -0.1) is 0 Å². The Bertz CT molecular complexity index is 188. The molecule has 3 nitrogen and oxygen atoms in total. The molecule has 2 unspecified atom stereocenters. The minimum atomic E-state index is -2.04. The molecule has 12 heavy (non-hydrogen) atoms. The molecule has 1 N–H and O–H groups in total. The summed E-state index contributed by atoms with van der Waals surface area (Å²) in [5.74, 6) is -1.24. The fraction of sp³-hybridized carbons (Fsp3) is 0.750. The van der Waals surface area contributed by atoms with Crippen LogP contribution in [0.1, 0.15) is 19.8 Å². The fourth-order valence-corrected chi connectivity index (χ4v) is 0.974. The van der Waals surface area contributed by atoms with Gasteiger partial charge in [0.05, 0.1) is 0 Å². The molecule has 0 heterocycles. The lowest BCUT2D eigenvalue weighted by atomic mass is 9.95. The molecule has 0 saturated heterocycles. The van der Waals surface area contributed by atoms with Gasteiger partial charge < -0.3 is 5.11 Å². The fourth-order valence-electron chi connectivity index (χ4n) is 0.974. The van der Waals surface area contributed by atoms with E-state index >= 15 is 0 Å². The van der Waals surface area contributed by atoms with Crippen molar-refractivity contribution >= 4 is 5.78 Å². The van der Waals surface area contributed by atoms with Crippen molar-refractivity contribution in [2.24, 2.45) is 5.92 Å². The SMILES string of the molecule is CCC(CCO)C(=O)C(F)C#N. The number of ketones is 1. The minimum absolute atomic E-state index is 0.150. The van der Waals surface area contributed by atoms with Crippen molar-refractivity contribution in [1.82, 2.24) is 0 Å². The number of hydrogen-bond acceptors (Lipinski definition) is 3. The molecular weight excluding hydrogens is 161 g/mol. The third kappa shape index (κ3) is 2.97. The van der Waals surface area contributed by atoms with Gasteiger partial charge in [0, 0.05) is 12.5 Å². The first kappa shape index (κ1) is 11.1. The van der Waals surface area contributed by atoms with E-state index in [2.05, 4.69) is 0 Å². The Labute approximate surface area is 70.8 Å². The number of nitriles is 1. The number of alkyl halides is 1. The van der Waals surface area contributed by atoms with Crippen LogP contribution in [-0.4, -0.2) is 23.7 Å². The van der Waals surface area contributed by atoms with E-state index in [4.69, 9.17) is 10.4 Å². The van der Waals surface area contributed by atoms with E-state index in [1.807, 2.05) is 0 Å². The van der Waals surface area contributed by atoms with E-state index in [0.717, 1.165) is 0 Å². The number of aliphatic hydroxyl groups is 1. The highest BCUT2D eigenvalue weighted by molar-refractivity contribution is 5.87. The van der Waals surface area contributed by atoms with E-state index in [-0.39, 0.29) is 13.0 Å². The van der Waals surface area contributed by atoms with Gasteiger partial charge in [-0.3, -0.25) is 4.79 Å². The standard InChI is InChI=1S/C8H12FNO2/c1-2-6(3-4-11)8(12)7(9)5-10/h6-7,11H,2-4H2,1H3. The molecule has 0 fully saturated rings. The number of carbonyl (C=O) groups excluding carboxylic acids is 1. The molecule has 0 rings (SSSR count). The first-order chi connectivity index (χ1) is 5.67. The molecule has 0 aliphatic carbocycles. The van der Waals surface area contributed by atoms with E-state index in [9.17, 15) is 9.18 Å². The number of halogens is 1. The van der Waals surface area contributed by atoms with Crippen LogP contribution in [0.3, 0.4) is 0 Å². The van der Waals surface area contributed by atoms with E-state index in [1.54, 1.807) is 6.92 Å². The summed E-state index contributed by atoms with van der Waals surface area (Å²) < 4.78 is 12.5. The van der Waals surface area contributed by atoms with Crippen LogP contribution in [0, 0.1) is 17.2 Å². The molecule has 0 bridgehead atoms. The highest BCUT2D eigenvalue weighted by Crippen LogP contribution is 2.12. The summed E-state index contributed by atoms with van der Waals surface area (Å²) in [4.78, 5) is 11.0. The smallest absolute Gasteiger partial charge is 0.243 e. The van der Waals surface area contributed by atoms with Crippen molar-refractivity contribution in [3.05, 3.63) is 0 Å². The lowest BCUT2D eigenvalue weighted by Crippen LogP contribution is -2.24. The number of carbonyl (C=O) groups is 1. The summed E-state index contributed by atoms with van der Waals surface area (Å²) in [5.41, 5.74) is 0. The third-order valence-corrected chi connectivity index (χ3v) is 1.74. The molecule has 0 aromatic heterocycles. The van der Waals surface area contributed by atoms with Crippen LogP contribution >= 0.6 is 0 Å².